The molecule has 1 aromatic rings. The van der Waals surface area contributed by atoms with Gasteiger partial charge in [0.2, 0.25) is 0 Å². The summed E-state index contributed by atoms with van der Waals surface area (Å²) in [5, 5.41) is 10.5. The second-order valence-corrected chi connectivity index (χ2v) is 4.51. The molecule has 1 N–H and O–H groups in total. The van der Waals surface area contributed by atoms with Gasteiger partial charge in [-0.1, -0.05) is 23.7 Å². The van der Waals surface area contributed by atoms with Crippen LogP contribution in [-0.2, 0) is 6.42 Å². The molecule has 0 heterocycles. The van der Waals surface area contributed by atoms with Gasteiger partial charge in [-0.05, 0) is 49.3 Å². The van der Waals surface area contributed by atoms with E-state index in [4.69, 9.17) is 11.6 Å². The summed E-state index contributed by atoms with van der Waals surface area (Å²) < 4.78 is 0. The zero-order valence-electron chi connectivity index (χ0n) is 8.12. The highest BCUT2D eigenvalue weighted by Crippen LogP contribution is 2.34. The fourth-order valence-corrected chi connectivity index (χ4v) is 1.94. The van der Waals surface area contributed by atoms with Gasteiger partial charge in [-0.2, -0.15) is 0 Å². The zero-order chi connectivity index (χ0) is 9.97. The van der Waals surface area contributed by atoms with E-state index in [1.807, 2.05) is 18.2 Å². The highest BCUT2D eigenvalue weighted by atomic mass is 35.5. The number of halogens is 1. The molecule has 2 heteroatoms. The van der Waals surface area contributed by atoms with Crippen molar-refractivity contribution in [2.24, 2.45) is 5.92 Å². The van der Waals surface area contributed by atoms with Crippen LogP contribution < -0.4 is 0 Å². The van der Waals surface area contributed by atoms with Crippen LogP contribution in [0.4, 0.5) is 0 Å². The first kappa shape index (κ1) is 10.0. The molecule has 76 valence electrons. The summed E-state index contributed by atoms with van der Waals surface area (Å²) in [5.41, 5.74) is 1.22. The molecule has 1 saturated carbocycles. The lowest BCUT2D eigenvalue weighted by Gasteiger charge is -2.08. The van der Waals surface area contributed by atoms with E-state index >= 15 is 0 Å². The molecule has 1 fully saturated rings. The average Bonchev–Trinajstić information content (AvgIpc) is 2.97. The van der Waals surface area contributed by atoms with Crippen molar-refractivity contribution < 1.29 is 5.11 Å². The van der Waals surface area contributed by atoms with E-state index in [9.17, 15) is 5.11 Å². The Kier molecular flexibility index (Phi) is 3.09. The number of hydrogen-bond donors (Lipinski definition) is 1. The minimum Gasteiger partial charge on any atom is -0.393 e. The Labute approximate surface area is 89.7 Å². The normalized spacial score (nSPS) is 18.1. The Hall–Kier alpha value is -0.530. The van der Waals surface area contributed by atoms with Crippen molar-refractivity contribution in [3.63, 3.8) is 0 Å². The van der Waals surface area contributed by atoms with E-state index in [2.05, 4.69) is 6.07 Å². The van der Waals surface area contributed by atoms with Crippen LogP contribution in [0.1, 0.15) is 24.8 Å². The molecule has 0 spiro atoms. The molecule has 0 saturated heterocycles. The third-order valence-electron chi connectivity index (χ3n) is 2.78. The van der Waals surface area contributed by atoms with Crippen LogP contribution in [0.2, 0.25) is 5.02 Å². The molecule has 0 aliphatic heterocycles. The van der Waals surface area contributed by atoms with Crippen LogP contribution in [0, 0.1) is 5.92 Å². The Balaban J connectivity index is 1.84. The molecule has 0 bridgehead atoms. The van der Waals surface area contributed by atoms with Gasteiger partial charge >= 0.3 is 0 Å². The van der Waals surface area contributed by atoms with E-state index in [1.165, 1.54) is 18.4 Å². The van der Waals surface area contributed by atoms with Crippen molar-refractivity contribution >= 4 is 11.6 Å². The second-order valence-electron chi connectivity index (χ2n) is 4.07. The van der Waals surface area contributed by atoms with Crippen LogP contribution in [0.3, 0.4) is 0 Å². The van der Waals surface area contributed by atoms with Gasteiger partial charge in [-0.25, -0.2) is 0 Å². The van der Waals surface area contributed by atoms with Crippen molar-refractivity contribution in [2.75, 3.05) is 0 Å². The topological polar surface area (TPSA) is 20.2 Å². The number of aliphatic hydroxyl groups is 1. The number of aliphatic hydroxyl groups excluding tert-OH is 1. The largest absolute Gasteiger partial charge is 0.393 e. The van der Waals surface area contributed by atoms with Crippen LogP contribution in [0.5, 0.6) is 0 Å². The van der Waals surface area contributed by atoms with Gasteiger partial charge in [0.15, 0.2) is 0 Å². The van der Waals surface area contributed by atoms with Crippen molar-refractivity contribution in [1.82, 2.24) is 0 Å². The lowest BCUT2D eigenvalue weighted by molar-refractivity contribution is 0.142. The van der Waals surface area contributed by atoms with E-state index in [-0.39, 0.29) is 6.10 Å². The number of aryl methyl sites for hydroxylation is 1. The lowest BCUT2D eigenvalue weighted by atomic mass is 10.0. The zero-order valence-corrected chi connectivity index (χ0v) is 8.87. The first-order valence-electron chi connectivity index (χ1n) is 5.18. The third kappa shape index (κ3) is 2.73. The molecule has 1 atom stereocenters. The van der Waals surface area contributed by atoms with E-state index in [0.717, 1.165) is 17.9 Å². The molecule has 1 aliphatic carbocycles. The van der Waals surface area contributed by atoms with Gasteiger partial charge in [0.25, 0.3) is 0 Å². The lowest BCUT2D eigenvalue weighted by Crippen LogP contribution is -2.09. The van der Waals surface area contributed by atoms with Crippen molar-refractivity contribution in [3.8, 4) is 0 Å². The van der Waals surface area contributed by atoms with Crippen molar-refractivity contribution in [1.29, 1.82) is 0 Å². The van der Waals surface area contributed by atoms with Crippen LogP contribution in [-0.4, -0.2) is 11.2 Å². The Morgan fingerprint density at radius 2 is 2.21 bits per heavy atom. The van der Waals surface area contributed by atoms with Gasteiger partial charge in [0.05, 0.1) is 6.10 Å². The average molecular weight is 211 g/mol. The smallest absolute Gasteiger partial charge is 0.0571 e. The number of benzene rings is 1. The highest BCUT2D eigenvalue weighted by molar-refractivity contribution is 6.30. The van der Waals surface area contributed by atoms with Crippen LogP contribution in [0.15, 0.2) is 24.3 Å². The van der Waals surface area contributed by atoms with Gasteiger partial charge in [-0.3, -0.25) is 0 Å². The third-order valence-corrected chi connectivity index (χ3v) is 3.02. The van der Waals surface area contributed by atoms with Gasteiger partial charge in [-0.15, -0.1) is 0 Å². The Morgan fingerprint density at radius 3 is 2.86 bits per heavy atom. The van der Waals surface area contributed by atoms with Crippen LogP contribution >= 0.6 is 11.6 Å². The predicted molar refractivity (Wildman–Crippen MR) is 58.5 cm³/mol. The van der Waals surface area contributed by atoms with Gasteiger partial charge in [0.1, 0.15) is 0 Å². The van der Waals surface area contributed by atoms with Gasteiger partial charge in [0, 0.05) is 5.02 Å². The van der Waals surface area contributed by atoms with Crippen molar-refractivity contribution in [2.45, 2.75) is 31.8 Å². The van der Waals surface area contributed by atoms with Crippen LogP contribution in [0.25, 0.3) is 0 Å². The second kappa shape index (κ2) is 4.33. The molecule has 1 unspecified atom stereocenters. The Morgan fingerprint density at radius 1 is 1.43 bits per heavy atom. The molecule has 0 aromatic heterocycles. The fraction of sp³-hybridized carbons (Fsp3) is 0.500. The summed E-state index contributed by atoms with van der Waals surface area (Å²) in [6.07, 6.45) is 4.10. The number of rotatable bonds is 4. The maximum Gasteiger partial charge on any atom is 0.0571 e. The molecule has 2 rings (SSSR count). The highest BCUT2D eigenvalue weighted by Gasteiger charge is 2.28. The minimum absolute atomic E-state index is 0.103. The fourth-order valence-electron chi connectivity index (χ4n) is 1.72. The summed E-state index contributed by atoms with van der Waals surface area (Å²) >= 11 is 5.87. The first-order valence-corrected chi connectivity index (χ1v) is 5.56. The SMILES string of the molecule is OC(CCc1cccc(Cl)c1)C1CC1. The van der Waals surface area contributed by atoms with Gasteiger partial charge < -0.3 is 5.11 Å². The molecule has 14 heavy (non-hydrogen) atoms. The molecule has 0 radical (unpaired) electrons. The summed E-state index contributed by atoms with van der Waals surface area (Å²) in [7, 11) is 0. The summed E-state index contributed by atoms with van der Waals surface area (Å²) in [5.74, 6) is 0.578. The standard InChI is InChI=1S/C12H15ClO/c13-11-3-1-2-9(8-11)4-7-12(14)10-5-6-10/h1-3,8,10,12,14H,4-7H2. The summed E-state index contributed by atoms with van der Waals surface area (Å²) in [6.45, 7) is 0. The summed E-state index contributed by atoms with van der Waals surface area (Å²) in [4.78, 5) is 0. The Bertz CT molecular complexity index is 307. The maximum atomic E-state index is 9.69. The quantitative estimate of drug-likeness (QED) is 0.810. The number of hydrogen-bond acceptors (Lipinski definition) is 1. The van der Waals surface area contributed by atoms with E-state index < -0.39 is 0 Å². The van der Waals surface area contributed by atoms with E-state index in [0.29, 0.717) is 5.92 Å². The predicted octanol–water partition coefficient (Wildman–Crippen LogP) is 3.04. The molecular weight excluding hydrogens is 196 g/mol. The molecule has 0 amide bonds. The maximum absolute atomic E-state index is 9.69. The van der Waals surface area contributed by atoms with Crippen molar-refractivity contribution in [3.05, 3.63) is 34.9 Å². The minimum atomic E-state index is -0.103. The first-order chi connectivity index (χ1) is 6.75. The molecule has 1 aromatic carbocycles. The van der Waals surface area contributed by atoms with E-state index in [1.54, 1.807) is 0 Å². The molecule has 1 nitrogen and oxygen atoms in total. The molecular formula is C12H15ClO. The monoisotopic (exact) mass is 210 g/mol. The molecule has 1 aliphatic rings. The summed E-state index contributed by atoms with van der Waals surface area (Å²) in [6, 6.07) is 7.87.